The molecule has 2 N–H and O–H groups in total. The highest BCUT2D eigenvalue weighted by Crippen LogP contribution is 2.38. The molecule has 8 nitrogen and oxygen atoms in total. The third-order valence-corrected chi connectivity index (χ3v) is 7.00. The van der Waals surface area contributed by atoms with Crippen LogP contribution < -0.4 is 19.5 Å². The third-order valence-electron chi connectivity index (χ3n) is 7.00. The topological polar surface area (TPSA) is 95.5 Å². The van der Waals surface area contributed by atoms with Crippen molar-refractivity contribution < 1.29 is 33.6 Å². The van der Waals surface area contributed by atoms with E-state index in [0.29, 0.717) is 56.5 Å². The average Bonchev–Trinajstić information content (AvgIpc) is 3.35. The van der Waals surface area contributed by atoms with Gasteiger partial charge >= 0.3 is 5.97 Å². The number of hydrogen-bond acceptors (Lipinski definition) is 7. The molecule has 37 heavy (non-hydrogen) atoms. The second kappa shape index (κ2) is 10.7. The maximum absolute atomic E-state index is 12.2. The summed E-state index contributed by atoms with van der Waals surface area (Å²) in [5, 5.41) is 13.3. The lowest BCUT2D eigenvalue weighted by molar-refractivity contribution is -0.145. The van der Waals surface area contributed by atoms with Crippen LogP contribution in [0.25, 0.3) is 11.1 Å². The molecule has 0 radical (unpaired) electrons. The molecule has 1 atom stereocenters. The lowest BCUT2D eigenvalue weighted by Crippen LogP contribution is -2.50. The van der Waals surface area contributed by atoms with Gasteiger partial charge in [-0.15, -0.1) is 0 Å². The first-order chi connectivity index (χ1) is 18.0. The highest BCUT2D eigenvalue weighted by Gasteiger charge is 2.40. The minimum absolute atomic E-state index is 0.193. The number of nitrogens with one attached hydrogen (secondary N) is 1. The van der Waals surface area contributed by atoms with Crippen molar-refractivity contribution in [2.45, 2.75) is 31.1 Å². The zero-order valence-electron chi connectivity index (χ0n) is 21.0. The van der Waals surface area contributed by atoms with Crippen molar-refractivity contribution in [3.05, 3.63) is 71.8 Å². The Kier molecular flexibility index (Phi) is 7.21. The number of para-hydroxylation sites is 1. The smallest absolute Gasteiger partial charge is 0.329 e. The predicted molar refractivity (Wildman–Crippen MR) is 138 cm³/mol. The molecule has 1 unspecified atom stereocenters. The molecule has 0 saturated carbocycles. The standard InChI is InChI=1S/C29H31NO7/c1-33-22-14-19(15-23(16-22)34-2)24-8-7-21(30-29(28(31)32)9-11-35-12-10-29)13-20(24)17-36-27-18-37-26-6-4-3-5-25(26)27/h3-8,13-16,27,30H,9-12,17-18H2,1-2H3,(H,31,32). The molecule has 5 rings (SSSR count). The van der Waals surface area contributed by atoms with Crippen LogP contribution in [-0.4, -0.2) is 50.7 Å². The number of fused-ring (bicyclic) bond motifs is 1. The van der Waals surface area contributed by atoms with Crippen LogP contribution >= 0.6 is 0 Å². The van der Waals surface area contributed by atoms with Crippen molar-refractivity contribution in [2.24, 2.45) is 0 Å². The van der Waals surface area contributed by atoms with Crippen LogP contribution in [0.3, 0.4) is 0 Å². The van der Waals surface area contributed by atoms with E-state index in [0.717, 1.165) is 28.0 Å². The maximum Gasteiger partial charge on any atom is 0.329 e. The first-order valence-corrected chi connectivity index (χ1v) is 12.3. The fourth-order valence-corrected chi connectivity index (χ4v) is 4.89. The van der Waals surface area contributed by atoms with Gasteiger partial charge in [0.2, 0.25) is 0 Å². The van der Waals surface area contributed by atoms with E-state index in [1.807, 2.05) is 60.7 Å². The Balaban J connectivity index is 1.49. The van der Waals surface area contributed by atoms with Crippen molar-refractivity contribution >= 4 is 11.7 Å². The van der Waals surface area contributed by atoms with E-state index in [-0.39, 0.29) is 6.10 Å². The number of hydrogen-bond donors (Lipinski definition) is 2. The van der Waals surface area contributed by atoms with Crippen LogP contribution in [0.15, 0.2) is 60.7 Å². The van der Waals surface area contributed by atoms with Crippen LogP contribution in [-0.2, 0) is 20.9 Å². The summed E-state index contributed by atoms with van der Waals surface area (Å²) in [6.45, 7) is 1.55. The van der Waals surface area contributed by atoms with Gasteiger partial charge in [-0.05, 0) is 47.0 Å². The van der Waals surface area contributed by atoms with Gasteiger partial charge < -0.3 is 34.1 Å². The first kappa shape index (κ1) is 24.9. The normalized spacial score (nSPS) is 17.9. The molecule has 3 aromatic rings. The van der Waals surface area contributed by atoms with Gasteiger partial charge in [-0.3, -0.25) is 0 Å². The Morgan fingerprint density at radius 3 is 2.46 bits per heavy atom. The Morgan fingerprint density at radius 1 is 1.03 bits per heavy atom. The van der Waals surface area contributed by atoms with Crippen molar-refractivity contribution in [1.82, 2.24) is 0 Å². The summed E-state index contributed by atoms with van der Waals surface area (Å²) in [5.41, 5.74) is 3.40. The molecule has 0 spiro atoms. The summed E-state index contributed by atoms with van der Waals surface area (Å²) in [6, 6.07) is 19.4. The monoisotopic (exact) mass is 505 g/mol. The Hall–Kier alpha value is -3.75. The van der Waals surface area contributed by atoms with E-state index in [2.05, 4.69) is 5.32 Å². The molecule has 0 aromatic heterocycles. The number of carboxylic acid groups (broad SMARTS) is 1. The fourth-order valence-electron chi connectivity index (χ4n) is 4.89. The van der Waals surface area contributed by atoms with Crippen molar-refractivity contribution in [3.8, 4) is 28.4 Å². The second-order valence-electron chi connectivity index (χ2n) is 9.25. The zero-order chi connectivity index (χ0) is 25.8. The molecule has 0 bridgehead atoms. The molecule has 2 aliphatic heterocycles. The molecular weight excluding hydrogens is 474 g/mol. The molecular formula is C29H31NO7. The van der Waals surface area contributed by atoms with E-state index in [9.17, 15) is 9.90 Å². The van der Waals surface area contributed by atoms with Crippen molar-refractivity contribution in [3.63, 3.8) is 0 Å². The summed E-state index contributed by atoms with van der Waals surface area (Å²) in [4.78, 5) is 12.2. The van der Waals surface area contributed by atoms with Gasteiger partial charge in [-0.25, -0.2) is 4.79 Å². The lowest BCUT2D eigenvalue weighted by atomic mass is 9.89. The van der Waals surface area contributed by atoms with E-state index in [4.69, 9.17) is 23.7 Å². The van der Waals surface area contributed by atoms with Crippen molar-refractivity contribution in [2.75, 3.05) is 39.4 Å². The zero-order valence-corrected chi connectivity index (χ0v) is 21.0. The van der Waals surface area contributed by atoms with E-state index in [1.165, 1.54) is 0 Å². The third kappa shape index (κ3) is 5.21. The van der Waals surface area contributed by atoms with Crippen LogP contribution in [0, 0.1) is 0 Å². The lowest BCUT2D eigenvalue weighted by Gasteiger charge is -2.35. The fraction of sp³-hybridized carbons (Fsp3) is 0.345. The predicted octanol–water partition coefficient (Wildman–Crippen LogP) is 5.07. The Labute approximate surface area is 216 Å². The van der Waals surface area contributed by atoms with Gasteiger partial charge in [0.15, 0.2) is 0 Å². The van der Waals surface area contributed by atoms with E-state index >= 15 is 0 Å². The number of ether oxygens (including phenoxy) is 5. The number of methoxy groups -OCH3 is 2. The minimum Gasteiger partial charge on any atom is -0.497 e. The minimum atomic E-state index is -1.07. The molecule has 8 heteroatoms. The van der Waals surface area contributed by atoms with Crippen LogP contribution in [0.2, 0.25) is 0 Å². The van der Waals surface area contributed by atoms with E-state index in [1.54, 1.807) is 14.2 Å². The average molecular weight is 506 g/mol. The molecule has 2 aliphatic rings. The maximum atomic E-state index is 12.2. The Bertz CT molecular complexity index is 1250. The quantitative estimate of drug-likeness (QED) is 0.416. The van der Waals surface area contributed by atoms with Gasteiger partial charge in [-0.2, -0.15) is 0 Å². The number of rotatable bonds is 9. The summed E-state index contributed by atoms with van der Waals surface area (Å²) >= 11 is 0. The number of aliphatic carboxylic acids is 1. The van der Waals surface area contributed by atoms with Gasteiger partial charge in [0.1, 0.15) is 35.5 Å². The van der Waals surface area contributed by atoms with Crippen LogP contribution in [0.1, 0.15) is 30.1 Å². The molecule has 194 valence electrons. The summed E-state index contributed by atoms with van der Waals surface area (Å²) in [5.74, 6) is 1.31. The molecule has 0 aliphatic carbocycles. The van der Waals surface area contributed by atoms with Crippen LogP contribution in [0.5, 0.6) is 17.2 Å². The SMILES string of the molecule is COc1cc(OC)cc(-c2ccc(NC3(C(=O)O)CCOCC3)cc2COC2COc3ccccc32)c1. The molecule has 1 saturated heterocycles. The first-order valence-electron chi connectivity index (χ1n) is 12.3. The molecule has 2 heterocycles. The highest BCUT2D eigenvalue weighted by atomic mass is 16.5. The van der Waals surface area contributed by atoms with Gasteiger partial charge in [0.05, 0.1) is 20.8 Å². The number of carbonyl (C=O) groups is 1. The largest absolute Gasteiger partial charge is 0.497 e. The number of benzene rings is 3. The van der Waals surface area contributed by atoms with E-state index < -0.39 is 11.5 Å². The molecule has 3 aromatic carbocycles. The summed E-state index contributed by atoms with van der Waals surface area (Å²) in [6.07, 6.45) is 0.583. The Morgan fingerprint density at radius 2 is 1.76 bits per heavy atom. The summed E-state index contributed by atoms with van der Waals surface area (Å²) < 4.78 is 28.5. The van der Waals surface area contributed by atoms with Gasteiger partial charge in [0.25, 0.3) is 0 Å². The highest BCUT2D eigenvalue weighted by molar-refractivity contribution is 5.83. The molecule has 1 fully saturated rings. The number of carboxylic acids is 1. The van der Waals surface area contributed by atoms with Crippen LogP contribution in [0.4, 0.5) is 5.69 Å². The second-order valence-corrected chi connectivity index (χ2v) is 9.25. The van der Waals surface area contributed by atoms with Gasteiger partial charge in [0, 0.05) is 43.4 Å². The molecule has 0 amide bonds. The number of anilines is 1. The van der Waals surface area contributed by atoms with Gasteiger partial charge in [-0.1, -0.05) is 24.3 Å². The summed E-state index contributed by atoms with van der Waals surface area (Å²) in [7, 11) is 3.23. The van der Waals surface area contributed by atoms with Crippen molar-refractivity contribution in [1.29, 1.82) is 0 Å².